The van der Waals surface area contributed by atoms with E-state index in [1.54, 1.807) is 0 Å². The number of rotatable bonds is 5. The first kappa shape index (κ1) is 26.4. The Labute approximate surface area is 223 Å². The summed E-state index contributed by atoms with van der Waals surface area (Å²) in [6.45, 7) is 14.2. The lowest BCUT2D eigenvalue weighted by molar-refractivity contribution is 0.00586. The Balaban J connectivity index is 1.87. The third-order valence-corrected chi connectivity index (χ3v) is 7.98. The SMILES string of the molecule is C=C[C@H](C)[C@H]1[C@@H]2CC[C@H](CN1c1nc(SCC)nc3c(F)c(Cl)nc(Br)c13)N2C(=O)OC(C)(C)C. The standard InChI is InChI=1S/C24H30BrClFN5O2S/c1-7-12(3)18-14-10-9-13(32(14)23(33)34-24(4,5)6)11-31(18)21-15-17(28-22(30-21)35-8-2)16(27)20(26)29-19(15)25/h7,12-14,18H,1,8-11H2,2-6H3/t12-,13+,14-,18-/m0/s1. The largest absolute Gasteiger partial charge is 0.444 e. The van der Waals surface area contributed by atoms with E-state index in [0.717, 1.165) is 18.6 Å². The van der Waals surface area contributed by atoms with Gasteiger partial charge >= 0.3 is 6.09 Å². The third kappa shape index (κ3) is 4.98. The Bertz CT molecular complexity index is 1160. The van der Waals surface area contributed by atoms with Crippen molar-refractivity contribution in [3.05, 3.63) is 28.2 Å². The average molecular weight is 587 g/mol. The maximum atomic E-state index is 15.1. The van der Waals surface area contributed by atoms with Gasteiger partial charge in [-0.25, -0.2) is 24.1 Å². The Morgan fingerprint density at radius 1 is 1.37 bits per heavy atom. The summed E-state index contributed by atoms with van der Waals surface area (Å²) in [5.41, 5.74) is -0.458. The highest BCUT2D eigenvalue weighted by atomic mass is 79.9. The maximum Gasteiger partial charge on any atom is 0.410 e. The predicted octanol–water partition coefficient (Wildman–Crippen LogP) is 6.47. The minimum atomic E-state index is -0.671. The molecule has 2 aromatic heterocycles. The van der Waals surface area contributed by atoms with E-state index in [2.05, 4.69) is 44.3 Å². The number of thioether (sulfide) groups is 1. The summed E-state index contributed by atoms with van der Waals surface area (Å²) < 4.78 is 21.3. The van der Waals surface area contributed by atoms with Crippen LogP contribution in [0.1, 0.15) is 47.5 Å². The number of hydrogen-bond acceptors (Lipinski definition) is 7. The van der Waals surface area contributed by atoms with Crippen LogP contribution in [0, 0.1) is 11.7 Å². The molecule has 2 saturated heterocycles. The van der Waals surface area contributed by atoms with E-state index in [9.17, 15) is 4.79 Å². The normalized spacial score (nSPS) is 23.0. The van der Waals surface area contributed by atoms with Crippen LogP contribution in [-0.4, -0.2) is 62.0 Å². The van der Waals surface area contributed by atoms with Crippen molar-refractivity contribution < 1.29 is 13.9 Å². The summed E-state index contributed by atoms with van der Waals surface area (Å²) in [6, 6.07) is -0.297. The van der Waals surface area contributed by atoms with Crippen LogP contribution in [0.15, 0.2) is 22.4 Å². The number of piperazine rings is 1. The van der Waals surface area contributed by atoms with Gasteiger partial charge in [-0.1, -0.05) is 43.3 Å². The molecule has 190 valence electrons. The van der Waals surface area contributed by atoms with E-state index < -0.39 is 11.4 Å². The molecular weight excluding hydrogens is 557 g/mol. The smallest absolute Gasteiger partial charge is 0.410 e. The highest BCUT2D eigenvalue weighted by Gasteiger charge is 2.51. The molecule has 11 heteroatoms. The van der Waals surface area contributed by atoms with Crippen molar-refractivity contribution in [2.24, 2.45) is 5.92 Å². The second-order valence-electron chi connectivity index (χ2n) is 9.92. The summed E-state index contributed by atoms with van der Waals surface area (Å²) in [6.07, 6.45) is 3.27. The number of hydrogen-bond donors (Lipinski definition) is 0. The van der Waals surface area contributed by atoms with Crippen molar-refractivity contribution in [1.82, 2.24) is 19.9 Å². The number of pyridine rings is 1. The van der Waals surface area contributed by atoms with Gasteiger partial charge < -0.3 is 9.64 Å². The number of carbonyl (C=O) groups is 1. The van der Waals surface area contributed by atoms with Crippen molar-refractivity contribution in [2.45, 2.75) is 76.3 Å². The van der Waals surface area contributed by atoms with E-state index in [4.69, 9.17) is 21.3 Å². The van der Waals surface area contributed by atoms with E-state index in [1.807, 2.05) is 38.7 Å². The second kappa shape index (κ2) is 10.0. The van der Waals surface area contributed by atoms with E-state index in [1.165, 1.54) is 11.8 Å². The lowest BCUT2D eigenvalue weighted by Gasteiger charge is -2.49. The number of carbonyl (C=O) groups excluding carboxylic acids is 1. The molecule has 4 rings (SSSR count). The van der Waals surface area contributed by atoms with E-state index in [-0.39, 0.29) is 40.8 Å². The van der Waals surface area contributed by atoms with Crippen LogP contribution in [0.4, 0.5) is 15.0 Å². The molecular formula is C24H30BrClFN5O2S. The van der Waals surface area contributed by atoms with Crippen molar-refractivity contribution >= 4 is 62.1 Å². The number of nitrogens with zero attached hydrogens (tertiary/aromatic N) is 5. The lowest BCUT2D eigenvalue weighted by Crippen LogP contribution is -2.63. The monoisotopic (exact) mass is 585 g/mol. The third-order valence-electron chi connectivity index (χ3n) is 6.43. The Morgan fingerprint density at radius 3 is 2.71 bits per heavy atom. The first-order chi connectivity index (χ1) is 16.5. The Morgan fingerprint density at radius 2 is 2.09 bits per heavy atom. The fraction of sp³-hybridized carbons (Fsp3) is 0.583. The van der Waals surface area contributed by atoms with Crippen LogP contribution in [0.3, 0.4) is 0 Å². The van der Waals surface area contributed by atoms with Gasteiger partial charge in [0.2, 0.25) is 0 Å². The van der Waals surface area contributed by atoms with Gasteiger partial charge in [0.25, 0.3) is 0 Å². The van der Waals surface area contributed by atoms with Crippen LogP contribution in [0.2, 0.25) is 5.15 Å². The molecule has 2 aliphatic rings. The molecule has 0 radical (unpaired) electrons. The molecule has 0 spiro atoms. The molecule has 0 saturated carbocycles. The van der Waals surface area contributed by atoms with Crippen molar-refractivity contribution in [3.8, 4) is 0 Å². The second-order valence-corrected chi connectivity index (χ2v) is 12.3. The number of fused-ring (bicyclic) bond motifs is 3. The molecule has 2 aromatic rings. The number of anilines is 1. The summed E-state index contributed by atoms with van der Waals surface area (Å²) in [4.78, 5) is 30.8. The van der Waals surface area contributed by atoms with E-state index >= 15 is 4.39 Å². The number of ether oxygens (including phenoxy) is 1. The van der Waals surface area contributed by atoms with Crippen LogP contribution in [0.25, 0.3) is 10.9 Å². The summed E-state index contributed by atoms with van der Waals surface area (Å²) in [5, 5.41) is 0.695. The molecule has 4 heterocycles. The zero-order valence-corrected chi connectivity index (χ0v) is 23.7. The summed E-state index contributed by atoms with van der Waals surface area (Å²) in [5.74, 6) is 0.659. The van der Waals surface area contributed by atoms with Gasteiger partial charge in [-0.05, 0) is 61.2 Å². The van der Waals surface area contributed by atoms with Gasteiger partial charge in [-0.15, -0.1) is 6.58 Å². The predicted molar refractivity (Wildman–Crippen MR) is 142 cm³/mol. The van der Waals surface area contributed by atoms with E-state index in [0.29, 0.717) is 27.5 Å². The first-order valence-corrected chi connectivity index (χ1v) is 13.9. The number of aromatic nitrogens is 3. The van der Waals surface area contributed by atoms with Gasteiger partial charge in [0.05, 0.1) is 23.5 Å². The molecule has 0 unspecified atom stereocenters. The van der Waals surface area contributed by atoms with Crippen LogP contribution >= 0.6 is 39.3 Å². The highest BCUT2D eigenvalue weighted by Crippen LogP contribution is 2.43. The van der Waals surface area contributed by atoms with Crippen LogP contribution in [-0.2, 0) is 4.74 Å². The molecule has 2 bridgehead atoms. The highest BCUT2D eigenvalue weighted by molar-refractivity contribution is 9.10. The van der Waals surface area contributed by atoms with Gasteiger partial charge in [0, 0.05) is 6.54 Å². The van der Waals surface area contributed by atoms with Crippen molar-refractivity contribution in [1.29, 1.82) is 0 Å². The molecule has 2 aliphatic heterocycles. The zero-order valence-electron chi connectivity index (χ0n) is 20.5. The van der Waals surface area contributed by atoms with Crippen molar-refractivity contribution in [2.75, 3.05) is 17.2 Å². The van der Waals surface area contributed by atoms with Crippen molar-refractivity contribution in [3.63, 3.8) is 0 Å². The fourth-order valence-corrected chi connectivity index (χ4v) is 6.44. The van der Waals surface area contributed by atoms with Gasteiger partial charge in [-0.3, -0.25) is 4.90 Å². The van der Waals surface area contributed by atoms with Crippen LogP contribution in [0.5, 0.6) is 0 Å². The first-order valence-electron chi connectivity index (χ1n) is 11.7. The molecule has 0 aromatic carbocycles. The summed E-state index contributed by atoms with van der Waals surface area (Å²) >= 11 is 11.0. The molecule has 4 atom stereocenters. The Hall–Kier alpha value is -1.65. The lowest BCUT2D eigenvalue weighted by atomic mass is 9.90. The topological polar surface area (TPSA) is 71.5 Å². The quantitative estimate of drug-likeness (QED) is 0.172. The van der Waals surface area contributed by atoms with Gasteiger partial charge in [0.1, 0.15) is 21.5 Å². The summed E-state index contributed by atoms with van der Waals surface area (Å²) in [7, 11) is 0. The number of amides is 1. The zero-order chi connectivity index (χ0) is 25.7. The molecule has 2 fully saturated rings. The average Bonchev–Trinajstić information content (AvgIpc) is 3.09. The number of halogens is 3. The molecule has 0 aliphatic carbocycles. The molecule has 35 heavy (non-hydrogen) atoms. The van der Waals surface area contributed by atoms with Crippen LogP contribution < -0.4 is 4.90 Å². The molecule has 0 N–H and O–H groups in total. The minimum Gasteiger partial charge on any atom is -0.444 e. The minimum absolute atomic E-state index is 0.0140. The van der Waals surface area contributed by atoms with Gasteiger partial charge in [-0.2, -0.15) is 0 Å². The fourth-order valence-electron chi connectivity index (χ4n) is 5.05. The molecule has 1 amide bonds. The molecule has 7 nitrogen and oxygen atoms in total. The maximum absolute atomic E-state index is 15.1. The van der Waals surface area contributed by atoms with Gasteiger partial charge in [0.15, 0.2) is 16.1 Å². The Kier molecular flexibility index (Phi) is 7.56.